The van der Waals surface area contributed by atoms with Gasteiger partial charge in [0.1, 0.15) is 5.69 Å². The van der Waals surface area contributed by atoms with E-state index in [4.69, 9.17) is 4.74 Å². The summed E-state index contributed by atoms with van der Waals surface area (Å²) in [4.78, 5) is 24.2. The van der Waals surface area contributed by atoms with Gasteiger partial charge in [-0.05, 0) is 11.6 Å². The van der Waals surface area contributed by atoms with Gasteiger partial charge in [-0.1, -0.05) is 35.5 Å². The van der Waals surface area contributed by atoms with Gasteiger partial charge in [-0.2, -0.15) is 0 Å². The topological polar surface area (TPSA) is 77.3 Å². The van der Waals surface area contributed by atoms with Gasteiger partial charge in [-0.3, -0.25) is 4.79 Å². The number of hydrogen-bond acceptors (Lipinski definition) is 5. The fourth-order valence-corrected chi connectivity index (χ4v) is 1.70. The first kappa shape index (κ1) is 16.4. The summed E-state index contributed by atoms with van der Waals surface area (Å²) in [6, 6.07) is 9.86. The lowest BCUT2D eigenvalue weighted by molar-refractivity contribution is -0.146. The highest BCUT2D eigenvalue weighted by Gasteiger charge is 2.07. The smallest absolute Gasteiger partial charge is 0.331 e. The maximum absolute atomic E-state index is 11.5. The minimum absolute atomic E-state index is 0.277. The summed E-state index contributed by atoms with van der Waals surface area (Å²) >= 11 is 0. The number of rotatable bonds is 6. The number of ether oxygens (including phenoxy) is 1. The minimum Gasteiger partial charge on any atom is -0.452 e. The highest BCUT2D eigenvalue weighted by Crippen LogP contribution is 2.03. The number of aromatic nitrogens is 3. The number of likely N-dealkylation sites (N-methyl/N-ethyl adjacent to an activating group) is 1. The molecule has 1 aromatic heterocycles. The van der Waals surface area contributed by atoms with Crippen LogP contribution in [0.15, 0.2) is 42.6 Å². The standard InChI is InChI=1S/C16H18N4O3/c1-19(2)15(21)12-23-16(22)9-8-14-11-20(18-17-14)10-13-6-4-3-5-7-13/h3-9,11H,10,12H2,1-2H3/b9-8+. The van der Waals surface area contributed by atoms with E-state index in [1.54, 1.807) is 25.0 Å². The van der Waals surface area contributed by atoms with Crippen LogP contribution < -0.4 is 0 Å². The number of esters is 1. The predicted molar refractivity (Wildman–Crippen MR) is 84.3 cm³/mol. The van der Waals surface area contributed by atoms with Gasteiger partial charge in [0.25, 0.3) is 5.91 Å². The molecule has 0 fully saturated rings. The molecule has 1 aromatic carbocycles. The lowest BCUT2D eigenvalue weighted by Crippen LogP contribution is -2.27. The molecule has 0 aliphatic carbocycles. The van der Waals surface area contributed by atoms with Crippen molar-refractivity contribution in [3.05, 3.63) is 53.9 Å². The summed E-state index contributed by atoms with van der Waals surface area (Å²) in [5.74, 6) is -0.877. The molecule has 7 heteroatoms. The Morgan fingerprint density at radius 1 is 1.26 bits per heavy atom. The van der Waals surface area contributed by atoms with Gasteiger partial charge >= 0.3 is 5.97 Å². The molecule has 0 saturated heterocycles. The van der Waals surface area contributed by atoms with Gasteiger partial charge < -0.3 is 9.64 Å². The summed E-state index contributed by atoms with van der Waals surface area (Å²) in [5.41, 5.74) is 1.64. The van der Waals surface area contributed by atoms with Crippen LogP contribution in [0.2, 0.25) is 0 Å². The van der Waals surface area contributed by atoms with Crippen molar-refractivity contribution in [2.75, 3.05) is 20.7 Å². The van der Waals surface area contributed by atoms with E-state index in [0.29, 0.717) is 12.2 Å². The quantitative estimate of drug-likeness (QED) is 0.586. The number of amides is 1. The van der Waals surface area contributed by atoms with Crippen LogP contribution in [0.1, 0.15) is 11.3 Å². The van der Waals surface area contributed by atoms with Gasteiger partial charge in [-0.15, -0.1) is 5.10 Å². The van der Waals surface area contributed by atoms with Crippen molar-refractivity contribution in [3.63, 3.8) is 0 Å². The van der Waals surface area contributed by atoms with E-state index in [0.717, 1.165) is 5.56 Å². The van der Waals surface area contributed by atoms with E-state index in [2.05, 4.69) is 10.3 Å². The molecule has 1 heterocycles. The van der Waals surface area contributed by atoms with E-state index in [-0.39, 0.29) is 12.5 Å². The molecule has 0 N–H and O–H groups in total. The van der Waals surface area contributed by atoms with Crippen molar-refractivity contribution in [2.24, 2.45) is 0 Å². The van der Waals surface area contributed by atoms with Crippen LogP contribution in [0.4, 0.5) is 0 Å². The fourth-order valence-electron chi connectivity index (χ4n) is 1.70. The number of hydrogen-bond donors (Lipinski definition) is 0. The van der Waals surface area contributed by atoms with Crippen LogP contribution in [0.5, 0.6) is 0 Å². The Hall–Kier alpha value is -2.96. The highest BCUT2D eigenvalue weighted by atomic mass is 16.5. The van der Waals surface area contributed by atoms with Crippen molar-refractivity contribution in [1.29, 1.82) is 0 Å². The summed E-state index contributed by atoms with van der Waals surface area (Å²) in [7, 11) is 3.19. The van der Waals surface area contributed by atoms with Gasteiger partial charge in [-0.25, -0.2) is 9.48 Å². The van der Waals surface area contributed by atoms with Crippen LogP contribution >= 0.6 is 0 Å². The van der Waals surface area contributed by atoms with Crippen molar-refractivity contribution >= 4 is 18.0 Å². The summed E-state index contributed by atoms with van der Waals surface area (Å²) in [5, 5.41) is 7.94. The normalized spacial score (nSPS) is 10.7. The molecule has 0 aliphatic rings. The second kappa shape index (κ2) is 7.88. The van der Waals surface area contributed by atoms with Gasteiger partial charge in [0.15, 0.2) is 6.61 Å². The largest absolute Gasteiger partial charge is 0.452 e. The van der Waals surface area contributed by atoms with Crippen LogP contribution in [0, 0.1) is 0 Å². The Morgan fingerprint density at radius 2 is 2.00 bits per heavy atom. The first-order chi connectivity index (χ1) is 11.0. The fraction of sp³-hybridized carbons (Fsp3) is 0.250. The van der Waals surface area contributed by atoms with Crippen LogP contribution in [-0.2, 0) is 20.9 Å². The number of nitrogens with zero attached hydrogens (tertiary/aromatic N) is 4. The van der Waals surface area contributed by atoms with Crippen LogP contribution in [0.3, 0.4) is 0 Å². The van der Waals surface area contributed by atoms with Crippen LogP contribution in [0.25, 0.3) is 6.08 Å². The third-order valence-electron chi connectivity index (χ3n) is 2.97. The van der Waals surface area contributed by atoms with Crippen molar-refractivity contribution in [3.8, 4) is 0 Å². The predicted octanol–water partition coefficient (Wildman–Crippen LogP) is 0.971. The first-order valence-corrected chi connectivity index (χ1v) is 7.03. The number of carbonyl (C=O) groups excluding carboxylic acids is 2. The minimum atomic E-state index is -0.599. The lowest BCUT2D eigenvalue weighted by atomic mass is 10.2. The molecular weight excluding hydrogens is 296 g/mol. The maximum Gasteiger partial charge on any atom is 0.331 e. The zero-order chi connectivity index (χ0) is 16.7. The van der Waals surface area contributed by atoms with Crippen molar-refractivity contribution in [1.82, 2.24) is 19.9 Å². The Morgan fingerprint density at radius 3 is 2.70 bits per heavy atom. The van der Waals surface area contributed by atoms with Gasteiger partial charge in [0, 0.05) is 20.2 Å². The molecule has 2 aromatic rings. The van der Waals surface area contributed by atoms with Gasteiger partial charge in [0.05, 0.1) is 12.7 Å². The average Bonchev–Trinajstić information content (AvgIpc) is 2.99. The Balaban J connectivity index is 1.86. The zero-order valence-corrected chi connectivity index (χ0v) is 13.0. The molecular formula is C16H18N4O3. The zero-order valence-electron chi connectivity index (χ0n) is 13.0. The third kappa shape index (κ3) is 5.39. The molecule has 0 radical (unpaired) electrons. The summed E-state index contributed by atoms with van der Waals surface area (Å²) < 4.78 is 6.49. The molecule has 0 unspecified atom stereocenters. The molecule has 0 aliphatic heterocycles. The SMILES string of the molecule is CN(C)C(=O)COC(=O)/C=C/c1cn(Cc2ccccc2)nn1. The molecule has 0 spiro atoms. The molecule has 0 saturated carbocycles. The molecule has 23 heavy (non-hydrogen) atoms. The molecule has 0 bridgehead atoms. The molecule has 7 nitrogen and oxygen atoms in total. The third-order valence-corrected chi connectivity index (χ3v) is 2.97. The average molecular weight is 314 g/mol. The van der Waals surface area contributed by atoms with Gasteiger partial charge in [0.2, 0.25) is 0 Å². The molecule has 0 atom stereocenters. The Kier molecular flexibility index (Phi) is 5.62. The maximum atomic E-state index is 11.5. The summed E-state index contributed by atoms with van der Waals surface area (Å²) in [6.45, 7) is 0.320. The Labute approximate surface area is 134 Å². The molecule has 120 valence electrons. The van der Waals surface area contributed by atoms with E-state index >= 15 is 0 Å². The lowest BCUT2D eigenvalue weighted by Gasteiger charge is -2.09. The van der Waals surface area contributed by atoms with Crippen molar-refractivity contribution < 1.29 is 14.3 Å². The molecule has 2 rings (SSSR count). The van der Waals surface area contributed by atoms with E-state index < -0.39 is 5.97 Å². The van der Waals surface area contributed by atoms with Crippen molar-refractivity contribution in [2.45, 2.75) is 6.54 Å². The second-order valence-electron chi connectivity index (χ2n) is 5.06. The van der Waals surface area contributed by atoms with E-state index in [1.165, 1.54) is 17.1 Å². The van der Waals surface area contributed by atoms with Crippen LogP contribution in [-0.4, -0.2) is 52.5 Å². The number of benzene rings is 1. The Bertz CT molecular complexity index is 692. The second-order valence-corrected chi connectivity index (χ2v) is 5.06. The molecule has 1 amide bonds. The highest BCUT2D eigenvalue weighted by molar-refractivity contribution is 5.88. The monoisotopic (exact) mass is 314 g/mol. The van der Waals surface area contributed by atoms with E-state index in [9.17, 15) is 9.59 Å². The first-order valence-electron chi connectivity index (χ1n) is 7.03. The van der Waals surface area contributed by atoms with E-state index in [1.807, 2.05) is 30.3 Å². The number of carbonyl (C=O) groups is 2. The summed E-state index contributed by atoms with van der Waals surface area (Å²) in [6.07, 6.45) is 4.44.